The van der Waals surface area contributed by atoms with E-state index in [2.05, 4.69) is 10.2 Å². The third-order valence-electron chi connectivity index (χ3n) is 2.26. The first-order chi connectivity index (χ1) is 6.66. The van der Waals surface area contributed by atoms with Crippen molar-refractivity contribution in [2.24, 2.45) is 0 Å². The van der Waals surface area contributed by atoms with Gasteiger partial charge in [-0.05, 0) is 19.4 Å². The molecule has 1 atom stereocenters. The highest BCUT2D eigenvalue weighted by Gasteiger charge is 2.22. The van der Waals surface area contributed by atoms with Gasteiger partial charge in [-0.2, -0.15) is 0 Å². The van der Waals surface area contributed by atoms with Gasteiger partial charge >= 0.3 is 0 Å². The molecule has 0 saturated heterocycles. The first kappa shape index (κ1) is 9.68. The van der Waals surface area contributed by atoms with Crippen molar-refractivity contribution in [1.29, 1.82) is 0 Å². The highest BCUT2D eigenvalue weighted by atomic mass is 35.5. The van der Waals surface area contributed by atoms with Gasteiger partial charge < -0.3 is 10.0 Å². The second kappa shape index (κ2) is 3.71. The normalized spacial score (nSPS) is 16.9. The second-order valence-electron chi connectivity index (χ2n) is 3.56. The molecule has 1 aromatic rings. The molecular weight excluding hydrogens is 202 g/mol. The summed E-state index contributed by atoms with van der Waals surface area (Å²) in [6.45, 7) is 3.25. The summed E-state index contributed by atoms with van der Waals surface area (Å²) in [6.07, 6.45) is 0.579. The van der Waals surface area contributed by atoms with Crippen LogP contribution in [0.4, 0.5) is 5.82 Å². The highest BCUT2D eigenvalue weighted by molar-refractivity contribution is 6.29. The molecule has 4 nitrogen and oxygen atoms in total. The van der Waals surface area contributed by atoms with Gasteiger partial charge in [0.15, 0.2) is 11.0 Å². The van der Waals surface area contributed by atoms with Crippen molar-refractivity contribution in [2.75, 3.05) is 18.0 Å². The van der Waals surface area contributed by atoms with E-state index in [1.807, 2.05) is 11.0 Å². The average molecular weight is 214 g/mol. The van der Waals surface area contributed by atoms with E-state index in [4.69, 9.17) is 11.6 Å². The van der Waals surface area contributed by atoms with E-state index in [1.54, 1.807) is 6.92 Å². The minimum atomic E-state index is -0.349. The Morgan fingerprint density at radius 1 is 1.64 bits per heavy atom. The Morgan fingerprint density at radius 2 is 2.43 bits per heavy atom. The van der Waals surface area contributed by atoms with Crippen LogP contribution in [0, 0.1) is 0 Å². The Hall–Kier alpha value is -0.870. The Labute approximate surface area is 87.5 Å². The summed E-state index contributed by atoms with van der Waals surface area (Å²) in [5.41, 5.74) is 1.12. The van der Waals surface area contributed by atoms with Gasteiger partial charge in [-0.25, -0.2) is 0 Å². The maximum absolute atomic E-state index is 9.28. The largest absolute Gasteiger partial charge is 0.392 e. The molecule has 0 fully saturated rings. The number of aromatic nitrogens is 2. The zero-order valence-electron chi connectivity index (χ0n) is 7.94. The van der Waals surface area contributed by atoms with E-state index in [1.165, 1.54) is 0 Å². The lowest BCUT2D eigenvalue weighted by Crippen LogP contribution is -2.29. The number of fused-ring (bicyclic) bond motifs is 1. The lowest BCUT2D eigenvalue weighted by Gasteiger charge is -2.18. The van der Waals surface area contributed by atoms with E-state index in [-0.39, 0.29) is 6.10 Å². The van der Waals surface area contributed by atoms with Crippen LogP contribution in [-0.2, 0) is 6.42 Å². The third kappa shape index (κ3) is 1.81. The molecule has 0 saturated carbocycles. The van der Waals surface area contributed by atoms with Gasteiger partial charge in [0.1, 0.15) is 0 Å². The van der Waals surface area contributed by atoms with Gasteiger partial charge in [-0.1, -0.05) is 11.6 Å². The maximum Gasteiger partial charge on any atom is 0.154 e. The Kier molecular flexibility index (Phi) is 2.56. The maximum atomic E-state index is 9.28. The van der Waals surface area contributed by atoms with Gasteiger partial charge in [-0.3, -0.25) is 0 Å². The lowest BCUT2D eigenvalue weighted by atomic mass is 10.2. The van der Waals surface area contributed by atoms with Crippen LogP contribution in [0.1, 0.15) is 12.5 Å². The van der Waals surface area contributed by atoms with E-state index in [9.17, 15) is 5.11 Å². The molecule has 1 aliphatic heterocycles. The van der Waals surface area contributed by atoms with Gasteiger partial charge in [-0.15, -0.1) is 10.2 Å². The molecule has 14 heavy (non-hydrogen) atoms. The molecule has 0 spiro atoms. The minimum Gasteiger partial charge on any atom is -0.392 e. The van der Waals surface area contributed by atoms with E-state index < -0.39 is 0 Å². The fourth-order valence-electron chi connectivity index (χ4n) is 1.70. The molecule has 0 aromatic carbocycles. The number of anilines is 1. The van der Waals surface area contributed by atoms with E-state index in [0.29, 0.717) is 11.7 Å². The van der Waals surface area contributed by atoms with Crippen molar-refractivity contribution in [3.63, 3.8) is 0 Å². The summed E-state index contributed by atoms with van der Waals surface area (Å²) in [7, 11) is 0. The summed E-state index contributed by atoms with van der Waals surface area (Å²) >= 11 is 5.74. The first-order valence-electron chi connectivity index (χ1n) is 4.62. The van der Waals surface area contributed by atoms with Crippen LogP contribution in [0.25, 0.3) is 0 Å². The molecule has 0 aliphatic carbocycles. The Morgan fingerprint density at radius 3 is 3.14 bits per heavy atom. The zero-order chi connectivity index (χ0) is 10.1. The molecule has 76 valence electrons. The molecule has 0 radical (unpaired) electrons. The number of halogens is 1. The van der Waals surface area contributed by atoms with E-state index in [0.717, 1.165) is 24.3 Å². The van der Waals surface area contributed by atoms with Crippen molar-refractivity contribution in [3.8, 4) is 0 Å². The summed E-state index contributed by atoms with van der Waals surface area (Å²) in [6, 6.07) is 1.84. The third-order valence-corrected chi connectivity index (χ3v) is 2.44. The van der Waals surface area contributed by atoms with Crippen LogP contribution < -0.4 is 4.90 Å². The van der Waals surface area contributed by atoms with Crippen LogP contribution in [0.2, 0.25) is 5.15 Å². The predicted octanol–water partition coefficient (Wildman–Crippen LogP) is 0.873. The summed E-state index contributed by atoms with van der Waals surface area (Å²) in [4.78, 5) is 2.03. The summed E-state index contributed by atoms with van der Waals surface area (Å²) < 4.78 is 0. The topological polar surface area (TPSA) is 49.2 Å². The van der Waals surface area contributed by atoms with Crippen LogP contribution in [0.5, 0.6) is 0 Å². The van der Waals surface area contributed by atoms with Crippen LogP contribution in [-0.4, -0.2) is 34.5 Å². The highest BCUT2D eigenvalue weighted by Crippen LogP contribution is 2.26. The molecule has 0 amide bonds. The molecule has 0 unspecified atom stereocenters. The minimum absolute atomic E-state index is 0.349. The standard InChI is InChI=1S/C9H12ClN3O/c1-6(14)5-13-3-2-7-4-8(10)11-12-9(7)13/h4,6,14H,2-3,5H2,1H3/t6-/m0/s1. The molecule has 1 N–H and O–H groups in total. The van der Waals surface area contributed by atoms with Gasteiger partial charge in [0.2, 0.25) is 0 Å². The first-order valence-corrected chi connectivity index (χ1v) is 4.99. The zero-order valence-corrected chi connectivity index (χ0v) is 8.70. The van der Waals surface area contributed by atoms with Gasteiger partial charge in [0, 0.05) is 18.7 Å². The Balaban J connectivity index is 2.22. The monoisotopic (exact) mass is 213 g/mol. The summed E-state index contributed by atoms with van der Waals surface area (Å²) in [5, 5.41) is 17.5. The van der Waals surface area contributed by atoms with Crippen molar-refractivity contribution < 1.29 is 5.11 Å². The number of hydrogen-bond acceptors (Lipinski definition) is 4. The molecule has 2 heterocycles. The van der Waals surface area contributed by atoms with Crippen LogP contribution >= 0.6 is 11.6 Å². The smallest absolute Gasteiger partial charge is 0.154 e. The predicted molar refractivity (Wildman–Crippen MR) is 54.6 cm³/mol. The molecular formula is C9H12ClN3O. The number of nitrogens with zero attached hydrogens (tertiary/aromatic N) is 3. The molecule has 0 bridgehead atoms. The molecule has 1 aliphatic rings. The molecule has 2 rings (SSSR count). The number of rotatable bonds is 2. The van der Waals surface area contributed by atoms with Crippen LogP contribution in [0.15, 0.2) is 6.07 Å². The van der Waals surface area contributed by atoms with E-state index >= 15 is 0 Å². The van der Waals surface area contributed by atoms with Gasteiger partial charge in [0.25, 0.3) is 0 Å². The number of β-amino-alcohol motifs (C(OH)–C–C–N with tert-alkyl or cyclic N) is 1. The van der Waals surface area contributed by atoms with Crippen molar-refractivity contribution >= 4 is 17.4 Å². The van der Waals surface area contributed by atoms with Gasteiger partial charge in [0.05, 0.1) is 6.10 Å². The SMILES string of the molecule is C[C@H](O)CN1CCc2cc(Cl)nnc21. The van der Waals surface area contributed by atoms with Crippen molar-refractivity contribution in [1.82, 2.24) is 10.2 Å². The molecule has 5 heteroatoms. The second-order valence-corrected chi connectivity index (χ2v) is 3.95. The average Bonchev–Trinajstić information content (AvgIpc) is 2.47. The van der Waals surface area contributed by atoms with Crippen molar-refractivity contribution in [3.05, 3.63) is 16.8 Å². The number of aliphatic hydroxyl groups excluding tert-OH is 1. The quantitative estimate of drug-likeness (QED) is 0.792. The number of aliphatic hydroxyl groups is 1. The summed E-state index contributed by atoms with van der Waals surface area (Å²) in [5.74, 6) is 0.857. The fraction of sp³-hybridized carbons (Fsp3) is 0.556. The molecule has 1 aromatic heterocycles. The van der Waals surface area contributed by atoms with Crippen LogP contribution in [0.3, 0.4) is 0 Å². The fourth-order valence-corrected chi connectivity index (χ4v) is 1.87. The Bertz CT molecular complexity index is 343. The number of hydrogen-bond donors (Lipinski definition) is 1. The van der Waals surface area contributed by atoms with Crippen molar-refractivity contribution in [2.45, 2.75) is 19.4 Å². The lowest BCUT2D eigenvalue weighted by molar-refractivity contribution is 0.200.